The Kier molecular flexibility index (Phi) is 5.51. The minimum Gasteiger partial charge on any atom is -0.350 e. The van der Waals surface area contributed by atoms with Crippen LogP contribution < -0.4 is 10.6 Å². The van der Waals surface area contributed by atoms with Gasteiger partial charge in [0.15, 0.2) is 5.82 Å². The molecule has 1 heterocycles. The van der Waals surface area contributed by atoms with Crippen LogP contribution >= 0.6 is 23.2 Å². The number of nitrogens with zero attached hydrogens (tertiary/aromatic N) is 3. The molecule has 0 atom stereocenters. The van der Waals surface area contributed by atoms with Crippen molar-refractivity contribution in [2.24, 2.45) is 0 Å². The van der Waals surface area contributed by atoms with E-state index in [0.29, 0.717) is 27.9 Å². The van der Waals surface area contributed by atoms with Gasteiger partial charge in [0.1, 0.15) is 0 Å². The van der Waals surface area contributed by atoms with Crippen LogP contribution in [-0.4, -0.2) is 21.2 Å². The van der Waals surface area contributed by atoms with Gasteiger partial charge in [-0.2, -0.15) is 10.1 Å². The van der Waals surface area contributed by atoms with Crippen molar-refractivity contribution in [3.63, 3.8) is 0 Å². The molecule has 1 aliphatic rings. The van der Waals surface area contributed by atoms with E-state index in [1.54, 1.807) is 18.3 Å². The van der Waals surface area contributed by atoms with Crippen LogP contribution in [0.2, 0.25) is 10.0 Å². The summed E-state index contributed by atoms with van der Waals surface area (Å²) in [6.45, 7) is 0. The lowest BCUT2D eigenvalue weighted by atomic mass is 10.1. The van der Waals surface area contributed by atoms with E-state index in [1.165, 1.54) is 25.7 Å². The number of hydrogen-bond donors (Lipinski definition) is 2. The molecule has 1 aliphatic carbocycles. The molecule has 0 bridgehead atoms. The third-order valence-electron chi connectivity index (χ3n) is 3.94. The van der Waals surface area contributed by atoms with Crippen molar-refractivity contribution in [1.82, 2.24) is 15.2 Å². The summed E-state index contributed by atoms with van der Waals surface area (Å²) >= 11 is 12.1. The maximum atomic E-state index is 6.17. The molecule has 1 fully saturated rings. The molecule has 0 saturated heterocycles. The molecule has 2 N–H and O–H groups in total. The van der Waals surface area contributed by atoms with Crippen molar-refractivity contribution in [3.8, 4) is 0 Å². The standard InChI is InChI=1S/C16H19Cl2N5/c17-11-7-8-14(13(18)9-11)21-15-10-19-23-16(22-15)20-12-5-3-1-2-4-6-12/h7-10,12H,1-6H2,(H2,20,21,22,23). The van der Waals surface area contributed by atoms with Crippen molar-refractivity contribution < 1.29 is 0 Å². The molecule has 0 radical (unpaired) electrons. The summed E-state index contributed by atoms with van der Waals surface area (Å²) in [6.07, 6.45) is 9.02. The summed E-state index contributed by atoms with van der Waals surface area (Å²) in [5.74, 6) is 1.15. The van der Waals surface area contributed by atoms with Crippen LogP contribution in [0, 0.1) is 0 Å². The zero-order valence-electron chi connectivity index (χ0n) is 12.7. The Bertz CT molecular complexity index is 657. The van der Waals surface area contributed by atoms with Crippen molar-refractivity contribution in [2.45, 2.75) is 44.6 Å². The van der Waals surface area contributed by atoms with E-state index < -0.39 is 0 Å². The highest BCUT2D eigenvalue weighted by Gasteiger charge is 2.13. The Labute approximate surface area is 145 Å². The minimum atomic E-state index is 0.425. The number of nitrogens with one attached hydrogen (secondary N) is 2. The van der Waals surface area contributed by atoms with E-state index in [9.17, 15) is 0 Å². The Balaban J connectivity index is 1.69. The number of rotatable bonds is 4. The predicted molar refractivity (Wildman–Crippen MR) is 94.7 cm³/mol. The van der Waals surface area contributed by atoms with E-state index in [-0.39, 0.29) is 0 Å². The normalized spacial score (nSPS) is 15.9. The number of aromatic nitrogens is 3. The van der Waals surface area contributed by atoms with Crippen LogP contribution in [0.25, 0.3) is 0 Å². The van der Waals surface area contributed by atoms with Gasteiger partial charge in [0.2, 0.25) is 5.95 Å². The molecular formula is C16H19Cl2N5. The Morgan fingerprint density at radius 3 is 2.57 bits per heavy atom. The molecular weight excluding hydrogens is 333 g/mol. The first-order chi connectivity index (χ1) is 11.2. The van der Waals surface area contributed by atoms with Gasteiger partial charge >= 0.3 is 0 Å². The number of benzene rings is 1. The quantitative estimate of drug-likeness (QED) is 0.754. The second kappa shape index (κ2) is 7.79. The molecule has 0 aliphatic heterocycles. The highest BCUT2D eigenvalue weighted by molar-refractivity contribution is 6.36. The van der Waals surface area contributed by atoms with E-state index in [1.807, 2.05) is 6.07 Å². The molecule has 0 spiro atoms. The van der Waals surface area contributed by atoms with Crippen molar-refractivity contribution in [2.75, 3.05) is 10.6 Å². The summed E-state index contributed by atoms with van der Waals surface area (Å²) in [5.41, 5.74) is 0.733. The van der Waals surface area contributed by atoms with Gasteiger partial charge < -0.3 is 10.6 Å². The summed E-state index contributed by atoms with van der Waals surface area (Å²) < 4.78 is 0. The van der Waals surface area contributed by atoms with Crippen LogP contribution in [0.4, 0.5) is 17.5 Å². The predicted octanol–water partition coefficient (Wildman–Crippen LogP) is 5.06. The summed E-state index contributed by atoms with van der Waals surface area (Å²) in [6, 6.07) is 5.69. The minimum absolute atomic E-state index is 0.425. The van der Waals surface area contributed by atoms with Crippen LogP contribution in [0.1, 0.15) is 38.5 Å². The number of anilines is 3. The van der Waals surface area contributed by atoms with Gasteiger partial charge in [0.25, 0.3) is 0 Å². The fourth-order valence-electron chi connectivity index (χ4n) is 2.76. The third-order valence-corrected chi connectivity index (χ3v) is 4.49. The van der Waals surface area contributed by atoms with Gasteiger partial charge in [0.05, 0.1) is 16.9 Å². The van der Waals surface area contributed by atoms with Crippen LogP contribution in [0.5, 0.6) is 0 Å². The SMILES string of the molecule is Clc1ccc(Nc2cnnc(NC3CCCCCC3)n2)c(Cl)c1. The first-order valence-electron chi connectivity index (χ1n) is 7.89. The Morgan fingerprint density at radius 1 is 1.04 bits per heavy atom. The van der Waals surface area contributed by atoms with Crippen LogP contribution in [-0.2, 0) is 0 Å². The summed E-state index contributed by atoms with van der Waals surface area (Å²) in [4.78, 5) is 4.47. The molecule has 3 rings (SSSR count). The molecule has 0 amide bonds. The average molecular weight is 352 g/mol. The maximum absolute atomic E-state index is 6.17. The molecule has 5 nitrogen and oxygen atoms in total. The molecule has 1 aromatic carbocycles. The van der Waals surface area contributed by atoms with Gasteiger partial charge in [-0.05, 0) is 31.0 Å². The third kappa shape index (κ3) is 4.69. The lowest BCUT2D eigenvalue weighted by Crippen LogP contribution is -2.20. The van der Waals surface area contributed by atoms with E-state index in [0.717, 1.165) is 18.5 Å². The Hall–Kier alpha value is -1.59. The van der Waals surface area contributed by atoms with Gasteiger partial charge in [0, 0.05) is 11.1 Å². The van der Waals surface area contributed by atoms with Crippen LogP contribution in [0.15, 0.2) is 24.4 Å². The number of hydrogen-bond acceptors (Lipinski definition) is 5. The monoisotopic (exact) mass is 351 g/mol. The average Bonchev–Trinajstić information content (AvgIpc) is 2.79. The van der Waals surface area contributed by atoms with Crippen molar-refractivity contribution in [1.29, 1.82) is 0 Å². The summed E-state index contributed by atoms with van der Waals surface area (Å²) in [7, 11) is 0. The molecule has 1 aromatic heterocycles. The van der Waals surface area contributed by atoms with Crippen molar-refractivity contribution in [3.05, 3.63) is 34.4 Å². The fourth-order valence-corrected chi connectivity index (χ4v) is 3.22. The summed E-state index contributed by atoms with van der Waals surface area (Å²) in [5, 5.41) is 15.8. The highest BCUT2D eigenvalue weighted by Crippen LogP contribution is 2.27. The van der Waals surface area contributed by atoms with Gasteiger partial charge in [-0.3, -0.25) is 0 Å². The van der Waals surface area contributed by atoms with Crippen LogP contribution in [0.3, 0.4) is 0 Å². The topological polar surface area (TPSA) is 62.7 Å². The molecule has 23 heavy (non-hydrogen) atoms. The maximum Gasteiger partial charge on any atom is 0.244 e. The first kappa shape index (κ1) is 16.3. The second-order valence-corrected chi connectivity index (χ2v) is 6.59. The lowest BCUT2D eigenvalue weighted by molar-refractivity contribution is 0.613. The lowest BCUT2D eigenvalue weighted by Gasteiger charge is -2.16. The van der Waals surface area contributed by atoms with Gasteiger partial charge in [-0.25, -0.2) is 0 Å². The van der Waals surface area contributed by atoms with E-state index >= 15 is 0 Å². The van der Waals surface area contributed by atoms with Gasteiger partial charge in [-0.1, -0.05) is 48.9 Å². The largest absolute Gasteiger partial charge is 0.350 e. The molecule has 122 valence electrons. The smallest absolute Gasteiger partial charge is 0.244 e. The number of halogens is 2. The first-order valence-corrected chi connectivity index (χ1v) is 8.64. The van der Waals surface area contributed by atoms with Gasteiger partial charge in [-0.15, -0.1) is 5.10 Å². The van der Waals surface area contributed by atoms with E-state index in [2.05, 4.69) is 25.8 Å². The fraction of sp³-hybridized carbons (Fsp3) is 0.438. The molecule has 7 heteroatoms. The van der Waals surface area contributed by atoms with Crippen molar-refractivity contribution >= 4 is 40.7 Å². The molecule has 1 saturated carbocycles. The zero-order valence-corrected chi connectivity index (χ0v) is 14.2. The second-order valence-electron chi connectivity index (χ2n) is 5.75. The highest BCUT2D eigenvalue weighted by atomic mass is 35.5. The zero-order chi connectivity index (χ0) is 16.1. The molecule has 0 unspecified atom stereocenters. The molecule has 2 aromatic rings. The van der Waals surface area contributed by atoms with E-state index in [4.69, 9.17) is 23.2 Å². The Morgan fingerprint density at radius 2 is 1.83 bits per heavy atom.